The van der Waals surface area contributed by atoms with E-state index in [1.165, 1.54) is 11.1 Å². The van der Waals surface area contributed by atoms with Crippen LogP contribution in [0.5, 0.6) is 0 Å². The van der Waals surface area contributed by atoms with Crippen molar-refractivity contribution in [1.82, 2.24) is 20.0 Å². The molecule has 0 aliphatic carbocycles. The quantitative estimate of drug-likeness (QED) is 0.920. The second kappa shape index (κ2) is 7.62. The molecule has 1 amide bonds. The van der Waals surface area contributed by atoms with Crippen LogP contribution in [0.4, 0.5) is 0 Å². The maximum atomic E-state index is 12.9. The number of piperidine rings is 1. The molecule has 0 unspecified atom stereocenters. The average Bonchev–Trinajstić information content (AvgIpc) is 3.16. The normalized spacial score (nSPS) is 18.7. The van der Waals surface area contributed by atoms with Crippen LogP contribution in [0.15, 0.2) is 30.5 Å². The van der Waals surface area contributed by atoms with Crippen molar-refractivity contribution in [2.24, 2.45) is 0 Å². The Morgan fingerprint density at radius 1 is 1.19 bits per heavy atom. The fourth-order valence-corrected chi connectivity index (χ4v) is 4.37. The molecule has 0 atom stereocenters. The zero-order valence-electron chi connectivity index (χ0n) is 15.6. The molecule has 0 radical (unpaired) electrons. The number of hydrogen-bond acceptors (Lipinski definition) is 3. The van der Waals surface area contributed by atoms with Crippen LogP contribution in [0.2, 0.25) is 0 Å². The molecule has 1 fully saturated rings. The number of carbonyl (C=O) groups is 1. The minimum Gasteiger partial charge on any atom is -0.338 e. The minimum atomic E-state index is 0.143. The summed E-state index contributed by atoms with van der Waals surface area (Å²) in [5.41, 5.74) is 4.71. The summed E-state index contributed by atoms with van der Waals surface area (Å²) in [5.74, 6) is 0.143. The molecule has 5 heteroatoms. The molecule has 1 aromatic heterocycles. The molecular formula is C21H28N4O. The van der Waals surface area contributed by atoms with Crippen molar-refractivity contribution in [1.29, 1.82) is 0 Å². The second-order valence-corrected chi connectivity index (χ2v) is 7.52. The van der Waals surface area contributed by atoms with Gasteiger partial charge in [0.1, 0.15) is 0 Å². The molecule has 0 spiro atoms. The zero-order valence-corrected chi connectivity index (χ0v) is 15.6. The Balaban J connectivity index is 1.36. The third kappa shape index (κ3) is 3.40. The van der Waals surface area contributed by atoms with Gasteiger partial charge in [0, 0.05) is 37.9 Å². The summed E-state index contributed by atoms with van der Waals surface area (Å²) in [5, 5.41) is 7.08. The van der Waals surface area contributed by atoms with Gasteiger partial charge in [-0.05, 0) is 36.8 Å². The number of nitrogens with one attached hydrogen (secondary N) is 1. The number of aromatic nitrogens is 2. The van der Waals surface area contributed by atoms with Crippen LogP contribution in [0.25, 0.3) is 0 Å². The van der Waals surface area contributed by atoms with Crippen LogP contribution >= 0.6 is 0 Å². The Bertz CT molecular complexity index is 761. The van der Waals surface area contributed by atoms with E-state index in [1.54, 1.807) is 6.20 Å². The lowest BCUT2D eigenvalue weighted by molar-refractivity contribution is 0.0598. The minimum absolute atomic E-state index is 0.143. The zero-order chi connectivity index (χ0) is 17.9. The number of nitrogens with zero attached hydrogens (tertiary/aromatic N) is 3. The van der Waals surface area contributed by atoms with Crippen LogP contribution in [-0.4, -0.2) is 51.6 Å². The SMILES string of the molecule is CCCc1[nH]ncc1C(=O)N1CCC(N2CCc3ccccc3C2)CC1. The summed E-state index contributed by atoms with van der Waals surface area (Å²) < 4.78 is 0. The molecule has 26 heavy (non-hydrogen) atoms. The Labute approximate surface area is 155 Å². The highest BCUT2D eigenvalue weighted by atomic mass is 16.2. The first-order chi connectivity index (χ1) is 12.8. The molecule has 1 saturated heterocycles. The third-order valence-electron chi connectivity index (χ3n) is 5.88. The molecule has 4 rings (SSSR count). The lowest BCUT2D eigenvalue weighted by atomic mass is 9.95. The molecule has 2 aromatic rings. The van der Waals surface area contributed by atoms with Gasteiger partial charge in [0.2, 0.25) is 0 Å². The van der Waals surface area contributed by atoms with Crippen molar-refractivity contribution in [2.45, 2.75) is 51.6 Å². The Morgan fingerprint density at radius 3 is 2.73 bits per heavy atom. The van der Waals surface area contributed by atoms with Gasteiger partial charge >= 0.3 is 0 Å². The third-order valence-corrected chi connectivity index (χ3v) is 5.88. The monoisotopic (exact) mass is 352 g/mol. The molecular weight excluding hydrogens is 324 g/mol. The molecule has 1 N–H and O–H groups in total. The van der Waals surface area contributed by atoms with E-state index in [2.05, 4.69) is 46.3 Å². The molecule has 0 bridgehead atoms. The highest BCUT2D eigenvalue weighted by Crippen LogP contribution is 2.25. The first kappa shape index (κ1) is 17.3. The first-order valence-electron chi connectivity index (χ1n) is 9.88. The van der Waals surface area contributed by atoms with Gasteiger partial charge in [0.25, 0.3) is 5.91 Å². The van der Waals surface area contributed by atoms with Crippen LogP contribution in [0.3, 0.4) is 0 Å². The van der Waals surface area contributed by atoms with Crippen molar-refractivity contribution in [3.05, 3.63) is 52.8 Å². The molecule has 3 heterocycles. The largest absolute Gasteiger partial charge is 0.338 e. The number of H-pyrrole nitrogens is 1. The van der Waals surface area contributed by atoms with E-state index in [4.69, 9.17) is 0 Å². The van der Waals surface area contributed by atoms with Gasteiger partial charge < -0.3 is 4.90 Å². The van der Waals surface area contributed by atoms with Crippen LogP contribution in [0.1, 0.15) is 53.4 Å². The van der Waals surface area contributed by atoms with Crippen LogP contribution in [-0.2, 0) is 19.4 Å². The highest BCUT2D eigenvalue weighted by molar-refractivity contribution is 5.95. The van der Waals surface area contributed by atoms with Crippen molar-refractivity contribution < 1.29 is 4.79 Å². The van der Waals surface area contributed by atoms with Gasteiger partial charge in [-0.2, -0.15) is 5.10 Å². The summed E-state index contributed by atoms with van der Waals surface area (Å²) in [6.07, 6.45) is 6.86. The molecule has 2 aliphatic heterocycles. The van der Waals surface area contributed by atoms with Crippen molar-refractivity contribution in [3.63, 3.8) is 0 Å². The van der Waals surface area contributed by atoms with E-state index in [0.29, 0.717) is 6.04 Å². The van der Waals surface area contributed by atoms with Crippen molar-refractivity contribution in [3.8, 4) is 0 Å². The first-order valence-corrected chi connectivity index (χ1v) is 9.88. The summed E-state index contributed by atoms with van der Waals surface area (Å²) >= 11 is 0. The highest BCUT2D eigenvalue weighted by Gasteiger charge is 2.30. The smallest absolute Gasteiger partial charge is 0.257 e. The maximum absolute atomic E-state index is 12.9. The summed E-state index contributed by atoms with van der Waals surface area (Å²) in [6, 6.07) is 9.39. The number of rotatable bonds is 4. The molecule has 138 valence electrons. The van der Waals surface area contributed by atoms with E-state index < -0.39 is 0 Å². The Hall–Kier alpha value is -2.14. The molecule has 2 aliphatic rings. The van der Waals surface area contributed by atoms with Gasteiger partial charge in [-0.25, -0.2) is 0 Å². The number of amides is 1. The summed E-state index contributed by atoms with van der Waals surface area (Å²) in [4.78, 5) is 17.5. The van der Waals surface area contributed by atoms with Crippen LogP contribution < -0.4 is 0 Å². The van der Waals surface area contributed by atoms with E-state index in [9.17, 15) is 4.79 Å². The number of aryl methyl sites for hydroxylation is 1. The number of likely N-dealkylation sites (tertiary alicyclic amines) is 1. The summed E-state index contributed by atoms with van der Waals surface area (Å²) in [7, 11) is 0. The number of fused-ring (bicyclic) bond motifs is 1. The van der Waals surface area contributed by atoms with Gasteiger partial charge in [-0.1, -0.05) is 37.6 Å². The van der Waals surface area contributed by atoms with E-state index in [1.807, 2.05) is 4.90 Å². The number of benzene rings is 1. The second-order valence-electron chi connectivity index (χ2n) is 7.52. The fourth-order valence-electron chi connectivity index (χ4n) is 4.37. The molecule has 0 saturated carbocycles. The number of carbonyl (C=O) groups excluding carboxylic acids is 1. The number of hydrogen-bond donors (Lipinski definition) is 1. The fraction of sp³-hybridized carbons (Fsp3) is 0.524. The van der Waals surface area contributed by atoms with Crippen LogP contribution in [0, 0.1) is 0 Å². The van der Waals surface area contributed by atoms with Crippen molar-refractivity contribution >= 4 is 5.91 Å². The average molecular weight is 352 g/mol. The molecule has 5 nitrogen and oxygen atoms in total. The van der Waals surface area contributed by atoms with Gasteiger partial charge in [-0.3, -0.25) is 14.8 Å². The standard InChI is InChI=1S/C21H28N4O/c1-2-5-20-19(14-22-23-20)21(26)24-12-9-18(10-13-24)25-11-8-16-6-3-4-7-17(16)15-25/h3-4,6-7,14,18H,2,5,8-13,15H2,1H3,(H,22,23). The van der Waals surface area contributed by atoms with E-state index >= 15 is 0 Å². The number of aromatic amines is 1. The Morgan fingerprint density at radius 2 is 1.96 bits per heavy atom. The van der Waals surface area contributed by atoms with Gasteiger partial charge in [0.05, 0.1) is 11.8 Å². The topological polar surface area (TPSA) is 52.2 Å². The molecule has 1 aromatic carbocycles. The predicted molar refractivity (Wildman–Crippen MR) is 102 cm³/mol. The van der Waals surface area contributed by atoms with Crippen molar-refractivity contribution in [2.75, 3.05) is 19.6 Å². The maximum Gasteiger partial charge on any atom is 0.257 e. The lowest BCUT2D eigenvalue weighted by Gasteiger charge is -2.40. The van der Waals surface area contributed by atoms with E-state index in [-0.39, 0.29) is 5.91 Å². The Kier molecular flexibility index (Phi) is 5.07. The predicted octanol–water partition coefficient (Wildman–Crippen LogP) is 3.03. The summed E-state index contributed by atoms with van der Waals surface area (Å²) in [6.45, 7) is 6.00. The van der Waals surface area contributed by atoms with Gasteiger partial charge in [-0.15, -0.1) is 0 Å². The lowest BCUT2D eigenvalue weighted by Crippen LogP contribution is -2.48. The van der Waals surface area contributed by atoms with E-state index in [0.717, 1.165) is 69.5 Å². The van der Waals surface area contributed by atoms with Gasteiger partial charge in [0.15, 0.2) is 0 Å².